The highest BCUT2D eigenvalue weighted by Gasteiger charge is 2.41. The minimum atomic E-state index is -1.33. The molecule has 0 unspecified atom stereocenters. The van der Waals surface area contributed by atoms with Gasteiger partial charge in [0.2, 0.25) is 0 Å². The van der Waals surface area contributed by atoms with Crippen LogP contribution in [0.2, 0.25) is 0 Å². The quantitative estimate of drug-likeness (QED) is 0.304. The van der Waals surface area contributed by atoms with Crippen molar-refractivity contribution in [2.75, 3.05) is 25.7 Å². The lowest BCUT2D eigenvalue weighted by Crippen LogP contribution is -2.56. The summed E-state index contributed by atoms with van der Waals surface area (Å²) in [7, 11) is 2.98. The molecule has 228 valence electrons. The smallest absolute Gasteiger partial charge is 0.408 e. The lowest BCUT2D eigenvalue weighted by molar-refractivity contribution is -0.393. The summed E-state index contributed by atoms with van der Waals surface area (Å²) in [5.74, 6) is 0.271. The fourth-order valence-corrected chi connectivity index (χ4v) is 4.75. The molecular weight excluding hydrogens is 552 g/mol. The van der Waals surface area contributed by atoms with Crippen molar-refractivity contribution in [1.82, 2.24) is 5.32 Å². The molecular formula is C28H36N4O10. The van der Waals surface area contributed by atoms with Gasteiger partial charge in [0.1, 0.15) is 28.8 Å². The Morgan fingerprint density at radius 2 is 1.55 bits per heavy atom. The van der Waals surface area contributed by atoms with Crippen LogP contribution in [-0.2, 0) is 26.3 Å². The molecule has 14 nitrogen and oxygen atoms in total. The van der Waals surface area contributed by atoms with Crippen LogP contribution in [0.4, 0.5) is 21.9 Å². The van der Waals surface area contributed by atoms with Gasteiger partial charge in [-0.3, -0.25) is 25.0 Å². The maximum Gasteiger partial charge on any atom is 0.408 e. The number of hydrogen-bond donors (Lipinski definition) is 1. The highest BCUT2D eigenvalue weighted by atomic mass is 16.6. The van der Waals surface area contributed by atoms with Crippen LogP contribution in [0.1, 0.15) is 52.7 Å². The first-order valence-electron chi connectivity index (χ1n) is 13.2. The van der Waals surface area contributed by atoms with Crippen LogP contribution in [0.25, 0.3) is 0 Å². The SMILES string of the molecule is COc1cc(OC)cc(C(C)(C)OC(=O)N[C@H](C(=O)N2CCc3cc([N+](=O)[O-])cc([N+](=O)[O-])c32)[C@@H](C)OC(C)(C)C)c1. The number of ether oxygens (including phenoxy) is 4. The zero-order valence-corrected chi connectivity index (χ0v) is 24.9. The van der Waals surface area contributed by atoms with Crippen LogP contribution in [0, 0.1) is 20.2 Å². The van der Waals surface area contributed by atoms with Crippen LogP contribution >= 0.6 is 0 Å². The largest absolute Gasteiger partial charge is 0.497 e. The molecule has 0 bridgehead atoms. The Labute approximate surface area is 243 Å². The van der Waals surface area contributed by atoms with Crippen molar-refractivity contribution in [3.05, 3.63) is 61.7 Å². The molecule has 14 heteroatoms. The number of fused-ring (bicyclic) bond motifs is 1. The van der Waals surface area contributed by atoms with Gasteiger partial charge in [0.15, 0.2) is 0 Å². The summed E-state index contributed by atoms with van der Waals surface area (Å²) in [6, 6.07) is 5.75. The first-order chi connectivity index (χ1) is 19.5. The number of hydrogen-bond acceptors (Lipinski definition) is 10. The first kappa shape index (κ1) is 32.1. The van der Waals surface area contributed by atoms with Gasteiger partial charge < -0.3 is 29.2 Å². The van der Waals surface area contributed by atoms with Crippen molar-refractivity contribution >= 4 is 29.1 Å². The highest BCUT2D eigenvalue weighted by molar-refractivity contribution is 6.03. The van der Waals surface area contributed by atoms with E-state index in [1.807, 2.05) is 0 Å². The number of benzene rings is 2. The standard InChI is InChI=1S/C28H36N4O10/c1-16(41-27(2,3)4)23(29-26(34)42-28(5,6)18-12-20(39-7)15-21(13-18)40-8)25(33)30-10-9-17-11-19(31(35)36)14-22(24(17)30)32(37)38/h11-16,23H,9-10H2,1-8H3,(H,29,34)/t16-,23+/m1/s1. The Morgan fingerprint density at radius 1 is 0.952 bits per heavy atom. The third kappa shape index (κ3) is 7.24. The van der Waals surface area contributed by atoms with Gasteiger partial charge in [0, 0.05) is 24.2 Å². The lowest BCUT2D eigenvalue weighted by Gasteiger charge is -2.34. The fraction of sp³-hybridized carbons (Fsp3) is 0.500. The number of rotatable bonds is 10. The number of non-ortho nitro benzene ring substituents is 1. The molecule has 0 aliphatic carbocycles. The van der Waals surface area contributed by atoms with E-state index < -0.39 is 56.6 Å². The Kier molecular flexibility index (Phi) is 9.30. The van der Waals surface area contributed by atoms with E-state index in [2.05, 4.69) is 5.32 Å². The summed E-state index contributed by atoms with van der Waals surface area (Å²) in [4.78, 5) is 50.1. The van der Waals surface area contributed by atoms with Crippen LogP contribution in [-0.4, -0.2) is 60.4 Å². The predicted octanol–water partition coefficient (Wildman–Crippen LogP) is 4.64. The Hall–Kier alpha value is -4.46. The van der Waals surface area contributed by atoms with Gasteiger partial charge in [0.05, 0.1) is 41.8 Å². The molecule has 1 aliphatic rings. The Bertz CT molecular complexity index is 1360. The van der Waals surface area contributed by atoms with E-state index in [-0.39, 0.29) is 24.2 Å². The van der Waals surface area contributed by atoms with E-state index in [9.17, 15) is 29.8 Å². The second-order valence-corrected chi connectivity index (χ2v) is 11.3. The molecule has 1 heterocycles. The van der Waals surface area contributed by atoms with Crippen molar-refractivity contribution < 1.29 is 38.4 Å². The summed E-state index contributed by atoms with van der Waals surface area (Å²) >= 11 is 0. The molecule has 42 heavy (non-hydrogen) atoms. The topological polar surface area (TPSA) is 173 Å². The minimum Gasteiger partial charge on any atom is -0.497 e. The molecule has 1 N–H and O–H groups in total. The maximum atomic E-state index is 14.0. The minimum absolute atomic E-state index is 0.0146. The molecule has 3 rings (SSSR count). The summed E-state index contributed by atoms with van der Waals surface area (Å²) in [6.07, 6.45) is -1.69. The van der Waals surface area contributed by atoms with E-state index in [0.29, 0.717) is 17.1 Å². The van der Waals surface area contributed by atoms with E-state index in [4.69, 9.17) is 18.9 Å². The van der Waals surface area contributed by atoms with E-state index >= 15 is 0 Å². The molecule has 0 radical (unpaired) electrons. The number of nitrogens with zero attached hydrogens (tertiary/aromatic N) is 3. The van der Waals surface area contributed by atoms with Gasteiger partial charge in [-0.2, -0.15) is 0 Å². The zero-order chi connectivity index (χ0) is 31.6. The van der Waals surface area contributed by atoms with Gasteiger partial charge in [0.25, 0.3) is 17.3 Å². The number of carbonyl (C=O) groups is 2. The molecule has 1 aliphatic heterocycles. The molecule has 0 aromatic heterocycles. The van der Waals surface area contributed by atoms with Crippen LogP contribution in [0.3, 0.4) is 0 Å². The van der Waals surface area contributed by atoms with E-state index in [1.54, 1.807) is 59.7 Å². The fourth-order valence-electron chi connectivity index (χ4n) is 4.75. The average molecular weight is 589 g/mol. The highest BCUT2D eigenvalue weighted by Crippen LogP contribution is 2.41. The van der Waals surface area contributed by atoms with Gasteiger partial charge in [-0.05, 0) is 65.7 Å². The van der Waals surface area contributed by atoms with Crippen LogP contribution in [0.5, 0.6) is 11.5 Å². The molecule has 0 saturated carbocycles. The van der Waals surface area contributed by atoms with Gasteiger partial charge in [-0.15, -0.1) is 0 Å². The number of amides is 2. The monoisotopic (exact) mass is 588 g/mol. The van der Waals surface area contributed by atoms with Crippen molar-refractivity contribution in [3.63, 3.8) is 0 Å². The second kappa shape index (κ2) is 12.2. The maximum absolute atomic E-state index is 14.0. The first-order valence-corrected chi connectivity index (χ1v) is 13.2. The molecule has 2 aromatic carbocycles. The van der Waals surface area contributed by atoms with E-state index in [1.165, 1.54) is 20.3 Å². The third-order valence-corrected chi connectivity index (χ3v) is 6.64. The van der Waals surface area contributed by atoms with Gasteiger partial charge in [-0.1, -0.05) is 0 Å². The van der Waals surface area contributed by atoms with Crippen molar-refractivity contribution in [2.45, 2.75) is 71.3 Å². The van der Waals surface area contributed by atoms with Crippen LogP contribution in [0.15, 0.2) is 30.3 Å². The summed E-state index contributed by atoms with van der Waals surface area (Å²) in [5.41, 5.74) is -2.16. The van der Waals surface area contributed by atoms with Gasteiger partial charge in [-0.25, -0.2) is 4.79 Å². The van der Waals surface area contributed by atoms with Crippen molar-refractivity contribution in [2.24, 2.45) is 0 Å². The van der Waals surface area contributed by atoms with Crippen LogP contribution < -0.4 is 19.7 Å². The zero-order valence-electron chi connectivity index (χ0n) is 24.9. The average Bonchev–Trinajstić information content (AvgIpc) is 3.33. The lowest BCUT2D eigenvalue weighted by atomic mass is 9.97. The number of methoxy groups -OCH3 is 2. The van der Waals surface area contributed by atoms with E-state index in [0.717, 1.165) is 11.0 Å². The molecule has 2 amide bonds. The Balaban J connectivity index is 1.95. The molecule has 2 atom stereocenters. The second-order valence-electron chi connectivity index (χ2n) is 11.3. The molecule has 0 spiro atoms. The number of nitrogens with one attached hydrogen (secondary N) is 1. The Morgan fingerprint density at radius 3 is 2.05 bits per heavy atom. The third-order valence-electron chi connectivity index (χ3n) is 6.64. The molecule has 2 aromatic rings. The normalized spacial score (nSPS) is 14.4. The summed E-state index contributed by atoms with van der Waals surface area (Å²) in [5, 5.41) is 25.8. The van der Waals surface area contributed by atoms with Crippen molar-refractivity contribution in [1.29, 1.82) is 0 Å². The number of anilines is 1. The number of carbonyl (C=O) groups excluding carboxylic acids is 2. The molecule has 0 saturated heterocycles. The summed E-state index contributed by atoms with van der Waals surface area (Å²) < 4.78 is 22.4. The number of nitro benzene ring substituents is 2. The number of nitro groups is 2. The molecule has 0 fully saturated rings. The van der Waals surface area contributed by atoms with Crippen molar-refractivity contribution in [3.8, 4) is 11.5 Å². The predicted molar refractivity (Wildman–Crippen MR) is 152 cm³/mol. The summed E-state index contributed by atoms with van der Waals surface area (Å²) in [6.45, 7) is 10.2. The number of alkyl carbamates (subject to hydrolysis) is 1. The van der Waals surface area contributed by atoms with Gasteiger partial charge >= 0.3 is 6.09 Å².